The molecule has 2 fully saturated rings. The van der Waals surface area contributed by atoms with Crippen LogP contribution in [0.3, 0.4) is 0 Å². The van der Waals surface area contributed by atoms with E-state index in [1.165, 1.54) is 38.8 Å². The zero-order chi connectivity index (χ0) is 13.5. The normalized spacial score (nSPS) is 26.2. The van der Waals surface area contributed by atoms with Gasteiger partial charge in [0.1, 0.15) is 0 Å². The summed E-state index contributed by atoms with van der Waals surface area (Å²) in [6, 6.07) is 0. The topological polar surface area (TPSA) is 35.6 Å². The van der Waals surface area contributed by atoms with Crippen molar-refractivity contribution in [2.45, 2.75) is 39.0 Å². The molecule has 0 aliphatic carbocycles. The first kappa shape index (κ1) is 14.8. The van der Waals surface area contributed by atoms with E-state index in [0.717, 1.165) is 38.6 Å². The quantitative estimate of drug-likeness (QED) is 0.834. The van der Waals surface area contributed by atoms with Crippen molar-refractivity contribution in [1.82, 2.24) is 15.1 Å². The summed E-state index contributed by atoms with van der Waals surface area (Å²) in [7, 11) is 0. The lowest BCUT2D eigenvalue weighted by Gasteiger charge is -2.28. The zero-order valence-corrected chi connectivity index (χ0v) is 12.4. The van der Waals surface area contributed by atoms with Gasteiger partial charge >= 0.3 is 0 Å². The van der Waals surface area contributed by atoms with E-state index < -0.39 is 0 Å². The largest absolute Gasteiger partial charge is 0.340 e. The second kappa shape index (κ2) is 7.85. The third-order valence-corrected chi connectivity index (χ3v) is 4.63. The predicted molar refractivity (Wildman–Crippen MR) is 78.1 cm³/mol. The number of carbonyl (C=O) groups is 1. The minimum atomic E-state index is 0.345. The summed E-state index contributed by atoms with van der Waals surface area (Å²) in [5, 5.41) is 3.29. The molecule has 2 aliphatic rings. The number of hydrogen-bond acceptors (Lipinski definition) is 3. The lowest BCUT2D eigenvalue weighted by atomic mass is 9.98. The molecule has 0 radical (unpaired) electrons. The van der Waals surface area contributed by atoms with Crippen molar-refractivity contribution in [2.24, 2.45) is 5.92 Å². The molecule has 0 bridgehead atoms. The van der Waals surface area contributed by atoms with Crippen molar-refractivity contribution in [3.8, 4) is 0 Å². The molecule has 1 unspecified atom stereocenters. The van der Waals surface area contributed by atoms with Gasteiger partial charge in [-0.3, -0.25) is 4.79 Å². The van der Waals surface area contributed by atoms with E-state index in [0.29, 0.717) is 12.3 Å². The molecule has 0 saturated carbocycles. The van der Waals surface area contributed by atoms with Gasteiger partial charge in [-0.2, -0.15) is 0 Å². The first-order chi connectivity index (χ1) is 9.29. The van der Waals surface area contributed by atoms with Crippen LogP contribution in [-0.2, 0) is 4.79 Å². The maximum absolute atomic E-state index is 12.1. The summed E-state index contributed by atoms with van der Waals surface area (Å²) in [5.41, 5.74) is 0. The van der Waals surface area contributed by atoms with E-state index in [1.54, 1.807) is 0 Å². The van der Waals surface area contributed by atoms with Crippen LogP contribution in [0, 0.1) is 5.92 Å². The van der Waals surface area contributed by atoms with Crippen LogP contribution in [0.25, 0.3) is 0 Å². The van der Waals surface area contributed by atoms with Gasteiger partial charge in [-0.05, 0) is 38.3 Å². The third kappa shape index (κ3) is 4.77. The summed E-state index contributed by atoms with van der Waals surface area (Å²) >= 11 is 0. The highest BCUT2D eigenvalue weighted by Crippen LogP contribution is 2.20. The number of amides is 1. The van der Waals surface area contributed by atoms with Crippen molar-refractivity contribution in [3.05, 3.63) is 0 Å². The minimum absolute atomic E-state index is 0.345. The number of nitrogens with zero attached hydrogens (tertiary/aromatic N) is 2. The van der Waals surface area contributed by atoms with Crippen molar-refractivity contribution in [3.63, 3.8) is 0 Å². The van der Waals surface area contributed by atoms with Gasteiger partial charge in [-0.1, -0.05) is 13.3 Å². The highest BCUT2D eigenvalue weighted by molar-refractivity contribution is 5.76. The fourth-order valence-electron chi connectivity index (χ4n) is 3.18. The molecule has 2 heterocycles. The SMILES string of the molecule is CCC1CCCN(CCC(=O)N2CCNCC2)CC1. The molecule has 0 spiro atoms. The number of hydrogen-bond donors (Lipinski definition) is 1. The molecule has 4 nitrogen and oxygen atoms in total. The molecule has 0 aromatic rings. The van der Waals surface area contributed by atoms with E-state index in [2.05, 4.69) is 17.1 Å². The number of likely N-dealkylation sites (tertiary alicyclic amines) is 1. The van der Waals surface area contributed by atoms with Crippen LogP contribution in [0.5, 0.6) is 0 Å². The molecule has 0 aromatic heterocycles. The number of nitrogens with one attached hydrogen (secondary N) is 1. The molecular formula is C15H29N3O. The zero-order valence-electron chi connectivity index (χ0n) is 12.4. The molecule has 19 heavy (non-hydrogen) atoms. The monoisotopic (exact) mass is 267 g/mol. The Balaban J connectivity index is 1.68. The minimum Gasteiger partial charge on any atom is -0.340 e. The average molecular weight is 267 g/mol. The van der Waals surface area contributed by atoms with Crippen LogP contribution in [0.15, 0.2) is 0 Å². The van der Waals surface area contributed by atoms with E-state index in [9.17, 15) is 4.79 Å². The van der Waals surface area contributed by atoms with Crippen LogP contribution in [0.4, 0.5) is 0 Å². The van der Waals surface area contributed by atoms with E-state index in [1.807, 2.05) is 4.90 Å². The van der Waals surface area contributed by atoms with E-state index >= 15 is 0 Å². The van der Waals surface area contributed by atoms with Crippen molar-refractivity contribution in [1.29, 1.82) is 0 Å². The van der Waals surface area contributed by atoms with Gasteiger partial charge in [0.2, 0.25) is 5.91 Å². The summed E-state index contributed by atoms with van der Waals surface area (Å²) in [6.45, 7) is 9.31. The second-order valence-electron chi connectivity index (χ2n) is 5.93. The fraction of sp³-hybridized carbons (Fsp3) is 0.933. The second-order valence-corrected chi connectivity index (χ2v) is 5.93. The van der Waals surface area contributed by atoms with Crippen LogP contribution in [-0.4, -0.2) is 61.5 Å². The molecule has 1 atom stereocenters. The van der Waals surface area contributed by atoms with Crippen LogP contribution < -0.4 is 5.32 Å². The Labute approximate surface area is 117 Å². The predicted octanol–water partition coefficient (Wildman–Crippen LogP) is 1.32. The van der Waals surface area contributed by atoms with Crippen molar-refractivity contribution in [2.75, 3.05) is 45.8 Å². The van der Waals surface area contributed by atoms with Crippen LogP contribution >= 0.6 is 0 Å². The standard InChI is InChI=1S/C15H29N3O/c1-2-14-4-3-9-17(10-5-14)11-6-15(19)18-12-7-16-8-13-18/h14,16H,2-13H2,1H3. The summed E-state index contributed by atoms with van der Waals surface area (Å²) < 4.78 is 0. The highest BCUT2D eigenvalue weighted by Gasteiger charge is 2.19. The Morgan fingerprint density at radius 2 is 1.95 bits per heavy atom. The van der Waals surface area contributed by atoms with Gasteiger partial charge in [0.05, 0.1) is 0 Å². The van der Waals surface area contributed by atoms with Gasteiger partial charge in [-0.25, -0.2) is 0 Å². The first-order valence-corrected chi connectivity index (χ1v) is 8.00. The van der Waals surface area contributed by atoms with Crippen LogP contribution in [0.1, 0.15) is 39.0 Å². The maximum Gasteiger partial charge on any atom is 0.223 e. The van der Waals surface area contributed by atoms with Crippen LogP contribution in [0.2, 0.25) is 0 Å². The van der Waals surface area contributed by atoms with Crippen molar-refractivity contribution >= 4 is 5.91 Å². The lowest BCUT2D eigenvalue weighted by Crippen LogP contribution is -2.47. The third-order valence-electron chi connectivity index (χ3n) is 4.63. The van der Waals surface area contributed by atoms with Gasteiger partial charge < -0.3 is 15.1 Å². The molecule has 2 aliphatic heterocycles. The smallest absolute Gasteiger partial charge is 0.223 e. The number of rotatable bonds is 4. The molecule has 2 saturated heterocycles. The Hall–Kier alpha value is -0.610. The number of piperazine rings is 1. The Kier molecular flexibility index (Phi) is 6.11. The molecule has 0 aromatic carbocycles. The summed E-state index contributed by atoms with van der Waals surface area (Å²) in [4.78, 5) is 16.6. The molecular weight excluding hydrogens is 238 g/mol. The first-order valence-electron chi connectivity index (χ1n) is 8.00. The Bertz CT molecular complexity index is 277. The van der Waals surface area contributed by atoms with Crippen molar-refractivity contribution < 1.29 is 4.79 Å². The molecule has 4 heteroatoms. The summed E-state index contributed by atoms with van der Waals surface area (Å²) in [5.74, 6) is 1.26. The lowest BCUT2D eigenvalue weighted by molar-refractivity contribution is -0.132. The molecule has 1 N–H and O–H groups in total. The fourth-order valence-corrected chi connectivity index (χ4v) is 3.18. The van der Waals surface area contributed by atoms with Gasteiger partial charge in [-0.15, -0.1) is 0 Å². The molecule has 2 rings (SSSR count). The maximum atomic E-state index is 12.1. The average Bonchev–Trinajstić information content (AvgIpc) is 2.70. The highest BCUT2D eigenvalue weighted by atomic mass is 16.2. The summed E-state index contributed by atoms with van der Waals surface area (Å²) in [6.07, 6.45) is 6.02. The molecule has 110 valence electrons. The Morgan fingerprint density at radius 3 is 2.68 bits per heavy atom. The van der Waals surface area contributed by atoms with Gasteiger partial charge in [0, 0.05) is 39.1 Å². The van der Waals surface area contributed by atoms with E-state index in [4.69, 9.17) is 0 Å². The van der Waals surface area contributed by atoms with Gasteiger partial charge in [0.25, 0.3) is 0 Å². The molecule has 1 amide bonds. The van der Waals surface area contributed by atoms with Gasteiger partial charge in [0.15, 0.2) is 0 Å². The van der Waals surface area contributed by atoms with E-state index in [-0.39, 0.29) is 0 Å². The Morgan fingerprint density at radius 1 is 1.16 bits per heavy atom. The number of carbonyl (C=O) groups excluding carboxylic acids is 1.